The number of aromatic nitrogens is 5. The first-order valence-corrected chi connectivity index (χ1v) is 10.3. The second-order valence-electron chi connectivity index (χ2n) is 7.17. The molecule has 4 rings (SSSR count). The third-order valence-corrected chi connectivity index (χ3v) is 5.06. The number of methoxy groups -OCH3 is 2. The molecule has 0 aliphatic rings. The van der Waals surface area contributed by atoms with Crippen molar-refractivity contribution in [1.29, 1.82) is 0 Å². The van der Waals surface area contributed by atoms with Gasteiger partial charge in [-0.15, -0.1) is 5.10 Å². The SMILES string of the molecule is CCOC(=O)c1cnn(-c2ccc(-n3cc(-c4ccc(OC)c(OC)c4)nn3)cc2)c1C(F)(F)F. The molecular weight excluding hydrogens is 467 g/mol. The molecule has 9 nitrogen and oxygen atoms in total. The number of benzene rings is 2. The predicted octanol–water partition coefficient (Wildman–Crippen LogP) is 4.33. The lowest BCUT2D eigenvalue weighted by Gasteiger charge is -2.12. The van der Waals surface area contributed by atoms with Gasteiger partial charge in [0.15, 0.2) is 17.2 Å². The van der Waals surface area contributed by atoms with Crippen molar-refractivity contribution in [1.82, 2.24) is 24.8 Å². The van der Waals surface area contributed by atoms with Crippen molar-refractivity contribution in [2.45, 2.75) is 13.1 Å². The Balaban J connectivity index is 1.64. The van der Waals surface area contributed by atoms with Crippen LogP contribution in [0, 0.1) is 0 Å². The minimum atomic E-state index is -4.82. The molecule has 0 N–H and O–H groups in total. The van der Waals surface area contributed by atoms with Crippen LogP contribution in [-0.4, -0.2) is 51.6 Å². The summed E-state index contributed by atoms with van der Waals surface area (Å²) in [6.45, 7) is 1.45. The van der Waals surface area contributed by atoms with Crippen molar-refractivity contribution in [2.75, 3.05) is 20.8 Å². The first kappa shape index (κ1) is 23.8. The summed E-state index contributed by atoms with van der Waals surface area (Å²) in [5, 5.41) is 12.0. The molecule has 0 aliphatic heterocycles. The van der Waals surface area contributed by atoms with Gasteiger partial charge in [-0.05, 0) is 49.4 Å². The van der Waals surface area contributed by atoms with E-state index in [0.717, 1.165) is 11.8 Å². The summed E-state index contributed by atoms with van der Waals surface area (Å²) in [6.07, 6.45) is -2.30. The topological polar surface area (TPSA) is 93.3 Å². The minimum Gasteiger partial charge on any atom is -0.493 e. The van der Waals surface area contributed by atoms with Crippen LogP contribution in [0.4, 0.5) is 13.2 Å². The zero-order valence-corrected chi connectivity index (χ0v) is 18.9. The zero-order chi connectivity index (χ0) is 25.2. The maximum Gasteiger partial charge on any atom is 0.434 e. The fourth-order valence-corrected chi connectivity index (χ4v) is 3.44. The van der Waals surface area contributed by atoms with Gasteiger partial charge in [-0.2, -0.15) is 18.3 Å². The van der Waals surface area contributed by atoms with Gasteiger partial charge >= 0.3 is 12.1 Å². The number of hydrogen-bond donors (Lipinski definition) is 0. The third kappa shape index (κ3) is 4.67. The summed E-state index contributed by atoms with van der Waals surface area (Å²) in [4.78, 5) is 12.0. The Morgan fingerprint density at radius 1 is 1.00 bits per heavy atom. The van der Waals surface area contributed by atoms with Gasteiger partial charge in [0.05, 0.1) is 44.6 Å². The molecule has 0 saturated heterocycles. The van der Waals surface area contributed by atoms with Crippen LogP contribution in [0.3, 0.4) is 0 Å². The molecule has 2 aromatic carbocycles. The minimum absolute atomic E-state index is 0.0563. The molecule has 182 valence electrons. The van der Waals surface area contributed by atoms with Crippen molar-refractivity contribution in [3.05, 3.63) is 66.1 Å². The van der Waals surface area contributed by atoms with Crippen LogP contribution >= 0.6 is 0 Å². The molecule has 0 spiro atoms. The fraction of sp³-hybridized carbons (Fsp3) is 0.217. The van der Waals surface area contributed by atoms with E-state index >= 15 is 0 Å². The van der Waals surface area contributed by atoms with Gasteiger partial charge in [0.1, 0.15) is 11.3 Å². The van der Waals surface area contributed by atoms with Gasteiger partial charge < -0.3 is 14.2 Å². The Bertz CT molecular complexity index is 1350. The van der Waals surface area contributed by atoms with E-state index in [0.29, 0.717) is 27.6 Å². The summed E-state index contributed by atoms with van der Waals surface area (Å²) in [5.41, 5.74) is 0.0968. The van der Waals surface area contributed by atoms with Crippen LogP contribution in [0.5, 0.6) is 11.5 Å². The molecule has 0 bridgehead atoms. The number of halogens is 3. The van der Waals surface area contributed by atoms with Crippen molar-refractivity contribution in [3.63, 3.8) is 0 Å². The summed E-state index contributed by atoms with van der Waals surface area (Å²) < 4.78 is 58.6. The number of ether oxygens (including phenoxy) is 3. The van der Waals surface area contributed by atoms with Crippen LogP contribution in [-0.2, 0) is 10.9 Å². The van der Waals surface area contributed by atoms with E-state index in [-0.39, 0.29) is 12.3 Å². The molecule has 0 fully saturated rings. The number of alkyl halides is 3. The van der Waals surface area contributed by atoms with E-state index in [4.69, 9.17) is 14.2 Å². The lowest BCUT2D eigenvalue weighted by Crippen LogP contribution is -2.18. The maximum absolute atomic E-state index is 13.7. The summed E-state index contributed by atoms with van der Waals surface area (Å²) >= 11 is 0. The monoisotopic (exact) mass is 487 g/mol. The van der Waals surface area contributed by atoms with Crippen LogP contribution in [0.1, 0.15) is 23.0 Å². The smallest absolute Gasteiger partial charge is 0.434 e. The molecule has 12 heteroatoms. The number of nitrogens with zero attached hydrogens (tertiary/aromatic N) is 5. The van der Waals surface area contributed by atoms with Gasteiger partial charge in [-0.25, -0.2) is 14.2 Å². The van der Waals surface area contributed by atoms with Crippen molar-refractivity contribution >= 4 is 5.97 Å². The molecular formula is C23H20F3N5O4. The average Bonchev–Trinajstić information content (AvgIpc) is 3.52. The highest BCUT2D eigenvalue weighted by Crippen LogP contribution is 2.34. The number of esters is 1. The first-order valence-electron chi connectivity index (χ1n) is 10.3. The fourth-order valence-electron chi connectivity index (χ4n) is 3.44. The van der Waals surface area contributed by atoms with E-state index in [1.807, 2.05) is 0 Å². The second-order valence-corrected chi connectivity index (χ2v) is 7.17. The molecule has 2 aromatic heterocycles. The Morgan fingerprint density at radius 3 is 2.31 bits per heavy atom. The zero-order valence-electron chi connectivity index (χ0n) is 18.9. The highest BCUT2D eigenvalue weighted by molar-refractivity contribution is 5.90. The van der Waals surface area contributed by atoms with Gasteiger partial charge in [-0.3, -0.25) is 0 Å². The van der Waals surface area contributed by atoms with Crippen molar-refractivity contribution in [2.24, 2.45) is 0 Å². The van der Waals surface area contributed by atoms with Crippen LogP contribution < -0.4 is 9.47 Å². The Morgan fingerprint density at radius 2 is 1.69 bits per heavy atom. The lowest BCUT2D eigenvalue weighted by atomic mass is 10.1. The first-order chi connectivity index (χ1) is 16.8. The second kappa shape index (κ2) is 9.49. The van der Waals surface area contributed by atoms with E-state index in [1.165, 1.54) is 38.0 Å². The average molecular weight is 487 g/mol. The Kier molecular flexibility index (Phi) is 6.45. The highest BCUT2D eigenvalue weighted by atomic mass is 19.4. The van der Waals surface area contributed by atoms with Crippen molar-refractivity contribution in [3.8, 4) is 34.1 Å². The van der Waals surface area contributed by atoms with Crippen LogP contribution in [0.25, 0.3) is 22.6 Å². The van der Waals surface area contributed by atoms with Gasteiger partial charge in [0, 0.05) is 5.56 Å². The number of carbonyl (C=O) groups excluding carboxylic acids is 1. The quantitative estimate of drug-likeness (QED) is 0.358. The van der Waals surface area contributed by atoms with E-state index in [1.54, 1.807) is 36.5 Å². The third-order valence-electron chi connectivity index (χ3n) is 5.06. The largest absolute Gasteiger partial charge is 0.493 e. The molecule has 2 heterocycles. The van der Waals surface area contributed by atoms with E-state index in [9.17, 15) is 18.0 Å². The molecule has 0 atom stereocenters. The van der Waals surface area contributed by atoms with E-state index in [2.05, 4.69) is 15.4 Å². The predicted molar refractivity (Wildman–Crippen MR) is 118 cm³/mol. The normalized spacial score (nSPS) is 11.4. The van der Waals surface area contributed by atoms with E-state index < -0.39 is 23.4 Å². The molecule has 4 aromatic rings. The summed E-state index contributed by atoms with van der Waals surface area (Å²) in [7, 11) is 3.07. The standard InChI is InChI=1S/C23H20F3N5O4/c1-4-35-22(32)17-12-27-31(21(17)23(24,25)26)16-8-6-15(7-9-16)30-13-18(28-29-30)14-5-10-19(33-2)20(11-14)34-3/h5-13H,4H2,1-3H3. The highest BCUT2D eigenvalue weighted by Gasteiger charge is 2.41. The molecule has 0 amide bonds. The molecule has 0 unspecified atom stereocenters. The Labute approximate surface area is 197 Å². The summed E-state index contributed by atoms with van der Waals surface area (Å²) in [5.74, 6) is 0.0148. The molecule has 0 aliphatic carbocycles. The van der Waals surface area contributed by atoms with Crippen LogP contribution in [0.2, 0.25) is 0 Å². The number of hydrogen-bond acceptors (Lipinski definition) is 7. The number of rotatable bonds is 7. The van der Waals surface area contributed by atoms with Gasteiger partial charge in [0.25, 0.3) is 0 Å². The molecule has 0 saturated carbocycles. The van der Waals surface area contributed by atoms with Crippen LogP contribution in [0.15, 0.2) is 54.9 Å². The molecule has 35 heavy (non-hydrogen) atoms. The van der Waals surface area contributed by atoms with Gasteiger partial charge in [-0.1, -0.05) is 5.21 Å². The molecule has 0 radical (unpaired) electrons. The maximum atomic E-state index is 13.7. The lowest BCUT2D eigenvalue weighted by molar-refractivity contribution is -0.143. The van der Waals surface area contributed by atoms with Gasteiger partial charge in [0.2, 0.25) is 0 Å². The van der Waals surface area contributed by atoms with Crippen molar-refractivity contribution < 1.29 is 32.2 Å². The number of carbonyl (C=O) groups is 1. The summed E-state index contributed by atoms with van der Waals surface area (Å²) in [6, 6.07) is 11.3. The Hall–Kier alpha value is -4.35.